The molecule has 6 nitrogen and oxygen atoms in total. The Morgan fingerprint density at radius 1 is 1.14 bits per heavy atom. The first kappa shape index (κ1) is 15.0. The number of likely N-dealkylation sites (tertiary alicyclic amines) is 1. The quantitative estimate of drug-likeness (QED) is 0.672. The Morgan fingerprint density at radius 3 is 2.33 bits per heavy atom. The molecule has 1 N–H and O–H groups in total. The van der Waals surface area contributed by atoms with E-state index < -0.39 is 11.9 Å². The number of amides is 2. The number of esters is 1. The van der Waals surface area contributed by atoms with Crippen LogP contribution in [-0.2, 0) is 14.3 Å². The molecule has 0 saturated carbocycles. The topological polar surface area (TPSA) is 75.7 Å². The van der Waals surface area contributed by atoms with Crippen molar-refractivity contribution in [3.63, 3.8) is 0 Å². The average molecular weight is 290 g/mol. The maximum atomic E-state index is 12.1. The van der Waals surface area contributed by atoms with Crippen molar-refractivity contribution in [1.82, 2.24) is 4.90 Å². The Balaban J connectivity index is 1.94. The third-order valence-corrected chi connectivity index (χ3v) is 3.34. The Hall–Kier alpha value is -2.37. The second kappa shape index (κ2) is 6.88. The van der Waals surface area contributed by atoms with Gasteiger partial charge in [-0.3, -0.25) is 14.4 Å². The summed E-state index contributed by atoms with van der Waals surface area (Å²) in [6, 6.07) is 6.65. The summed E-state index contributed by atoms with van der Waals surface area (Å²) >= 11 is 0. The molecule has 1 aromatic rings. The second-order valence-corrected chi connectivity index (χ2v) is 4.88. The molecule has 6 heteroatoms. The van der Waals surface area contributed by atoms with E-state index in [0.29, 0.717) is 11.3 Å². The predicted molar refractivity (Wildman–Crippen MR) is 76.8 cm³/mol. The number of carbonyl (C=O) groups is 3. The van der Waals surface area contributed by atoms with E-state index in [4.69, 9.17) is 0 Å². The van der Waals surface area contributed by atoms with E-state index in [1.807, 2.05) is 4.90 Å². The molecule has 21 heavy (non-hydrogen) atoms. The minimum absolute atomic E-state index is 0.0138. The van der Waals surface area contributed by atoms with E-state index in [1.165, 1.54) is 7.11 Å². The highest BCUT2D eigenvalue weighted by atomic mass is 16.5. The van der Waals surface area contributed by atoms with Crippen LogP contribution in [0.5, 0.6) is 0 Å². The van der Waals surface area contributed by atoms with Crippen LogP contribution < -0.4 is 5.32 Å². The molecule has 112 valence electrons. The summed E-state index contributed by atoms with van der Waals surface area (Å²) in [4.78, 5) is 36.5. The zero-order valence-corrected chi connectivity index (χ0v) is 11.9. The van der Waals surface area contributed by atoms with Gasteiger partial charge in [0.1, 0.15) is 6.42 Å². The molecular formula is C15H18N2O4. The SMILES string of the molecule is COC(=O)CC(=O)Nc1ccc(C(=O)N2CCCC2)cc1. The molecule has 1 fully saturated rings. The van der Waals surface area contributed by atoms with E-state index in [9.17, 15) is 14.4 Å². The molecule has 1 heterocycles. The highest BCUT2D eigenvalue weighted by Crippen LogP contribution is 2.15. The number of rotatable bonds is 4. The van der Waals surface area contributed by atoms with Crippen LogP contribution in [0.25, 0.3) is 0 Å². The molecule has 2 amide bonds. The van der Waals surface area contributed by atoms with Gasteiger partial charge in [-0.1, -0.05) is 0 Å². The lowest BCUT2D eigenvalue weighted by atomic mass is 10.2. The Kier molecular flexibility index (Phi) is 4.92. The minimum atomic E-state index is -0.590. The van der Waals surface area contributed by atoms with Crippen molar-refractivity contribution in [2.24, 2.45) is 0 Å². The fourth-order valence-electron chi connectivity index (χ4n) is 2.21. The van der Waals surface area contributed by atoms with E-state index in [2.05, 4.69) is 10.1 Å². The van der Waals surface area contributed by atoms with Gasteiger partial charge in [0.15, 0.2) is 0 Å². The molecule has 0 spiro atoms. The van der Waals surface area contributed by atoms with Crippen molar-refractivity contribution >= 4 is 23.5 Å². The first-order valence-corrected chi connectivity index (χ1v) is 6.86. The van der Waals surface area contributed by atoms with Gasteiger partial charge in [0.05, 0.1) is 7.11 Å². The van der Waals surface area contributed by atoms with Gasteiger partial charge in [-0.2, -0.15) is 0 Å². The van der Waals surface area contributed by atoms with Gasteiger partial charge in [0.25, 0.3) is 5.91 Å². The third kappa shape index (κ3) is 4.05. The summed E-state index contributed by atoms with van der Waals surface area (Å²) in [5.41, 5.74) is 1.14. The van der Waals surface area contributed by atoms with E-state index in [1.54, 1.807) is 24.3 Å². The maximum Gasteiger partial charge on any atom is 0.315 e. The molecular weight excluding hydrogens is 272 g/mol. The van der Waals surface area contributed by atoms with Gasteiger partial charge in [0.2, 0.25) is 5.91 Å². The summed E-state index contributed by atoms with van der Waals surface area (Å²) in [5, 5.41) is 2.58. The van der Waals surface area contributed by atoms with Crippen LogP contribution in [0.2, 0.25) is 0 Å². The number of hydrogen-bond acceptors (Lipinski definition) is 4. The van der Waals surface area contributed by atoms with Crippen molar-refractivity contribution in [3.8, 4) is 0 Å². The fourth-order valence-corrected chi connectivity index (χ4v) is 2.21. The minimum Gasteiger partial charge on any atom is -0.469 e. The molecule has 2 rings (SSSR count). The Morgan fingerprint density at radius 2 is 1.76 bits per heavy atom. The summed E-state index contributed by atoms with van der Waals surface area (Å²) in [6.45, 7) is 1.60. The largest absolute Gasteiger partial charge is 0.469 e. The van der Waals surface area contributed by atoms with E-state index >= 15 is 0 Å². The number of hydrogen-bond donors (Lipinski definition) is 1. The fraction of sp³-hybridized carbons (Fsp3) is 0.400. The van der Waals surface area contributed by atoms with Crippen LogP contribution >= 0.6 is 0 Å². The molecule has 0 unspecified atom stereocenters. The zero-order chi connectivity index (χ0) is 15.2. The van der Waals surface area contributed by atoms with Crippen LogP contribution in [-0.4, -0.2) is 42.9 Å². The summed E-state index contributed by atoms with van der Waals surface area (Å²) < 4.78 is 4.42. The molecule has 1 aromatic carbocycles. The smallest absolute Gasteiger partial charge is 0.315 e. The van der Waals surface area contributed by atoms with Gasteiger partial charge >= 0.3 is 5.97 Å². The van der Waals surface area contributed by atoms with Gasteiger partial charge in [-0.25, -0.2) is 0 Å². The van der Waals surface area contributed by atoms with Crippen molar-refractivity contribution in [3.05, 3.63) is 29.8 Å². The van der Waals surface area contributed by atoms with Crippen LogP contribution in [0.1, 0.15) is 29.6 Å². The Labute approximate surface area is 123 Å². The lowest BCUT2D eigenvalue weighted by molar-refractivity contribution is -0.142. The zero-order valence-electron chi connectivity index (χ0n) is 11.9. The Bertz CT molecular complexity index is 533. The number of carbonyl (C=O) groups excluding carboxylic acids is 3. The first-order chi connectivity index (χ1) is 10.1. The molecule has 0 radical (unpaired) electrons. The van der Waals surface area contributed by atoms with Crippen LogP contribution in [0.15, 0.2) is 24.3 Å². The van der Waals surface area contributed by atoms with E-state index in [0.717, 1.165) is 25.9 Å². The number of methoxy groups -OCH3 is 1. The normalized spacial score (nSPS) is 13.9. The predicted octanol–water partition coefficient (Wildman–Crippen LogP) is 1.42. The van der Waals surface area contributed by atoms with Crippen molar-refractivity contribution in [2.45, 2.75) is 19.3 Å². The molecule has 0 bridgehead atoms. The summed E-state index contributed by atoms with van der Waals surface area (Å²) in [7, 11) is 1.23. The lowest BCUT2D eigenvalue weighted by Gasteiger charge is -2.15. The van der Waals surface area contributed by atoms with Gasteiger partial charge in [0, 0.05) is 24.3 Å². The van der Waals surface area contributed by atoms with Crippen molar-refractivity contribution < 1.29 is 19.1 Å². The molecule has 0 aliphatic carbocycles. The lowest BCUT2D eigenvalue weighted by Crippen LogP contribution is -2.27. The number of nitrogens with one attached hydrogen (secondary N) is 1. The number of ether oxygens (including phenoxy) is 1. The third-order valence-electron chi connectivity index (χ3n) is 3.34. The van der Waals surface area contributed by atoms with E-state index in [-0.39, 0.29) is 12.3 Å². The van der Waals surface area contributed by atoms with Crippen molar-refractivity contribution in [2.75, 3.05) is 25.5 Å². The molecule has 0 atom stereocenters. The summed E-state index contributed by atoms with van der Waals surface area (Å²) in [6.07, 6.45) is 1.77. The van der Waals surface area contributed by atoms with Crippen molar-refractivity contribution in [1.29, 1.82) is 0 Å². The van der Waals surface area contributed by atoms with Gasteiger partial charge in [-0.05, 0) is 37.1 Å². The maximum absolute atomic E-state index is 12.1. The molecule has 1 saturated heterocycles. The monoisotopic (exact) mass is 290 g/mol. The number of benzene rings is 1. The van der Waals surface area contributed by atoms with Crippen LogP contribution in [0.4, 0.5) is 5.69 Å². The second-order valence-electron chi connectivity index (χ2n) is 4.88. The molecule has 1 aliphatic rings. The average Bonchev–Trinajstić information content (AvgIpc) is 3.01. The molecule has 0 aromatic heterocycles. The van der Waals surface area contributed by atoms with Gasteiger partial charge < -0.3 is 15.0 Å². The number of nitrogens with zero attached hydrogens (tertiary/aromatic N) is 1. The first-order valence-electron chi connectivity index (χ1n) is 6.86. The standard InChI is InChI=1S/C15H18N2O4/c1-21-14(19)10-13(18)16-12-6-4-11(5-7-12)15(20)17-8-2-3-9-17/h4-7H,2-3,8-10H2,1H3,(H,16,18). The van der Waals surface area contributed by atoms with Gasteiger partial charge in [-0.15, -0.1) is 0 Å². The highest BCUT2D eigenvalue weighted by molar-refractivity contribution is 6.02. The van der Waals surface area contributed by atoms with Crippen LogP contribution in [0.3, 0.4) is 0 Å². The molecule has 1 aliphatic heterocycles. The highest BCUT2D eigenvalue weighted by Gasteiger charge is 2.19. The summed E-state index contributed by atoms with van der Waals surface area (Å²) in [5.74, 6) is -1.02. The van der Waals surface area contributed by atoms with Crippen LogP contribution in [0, 0.1) is 0 Å². The number of anilines is 1.